The molecule has 0 heterocycles. The van der Waals surface area contributed by atoms with Crippen LogP contribution in [0.25, 0.3) is 0 Å². The smallest absolute Gasteiger partial charge is 0.339 e. The normalized spacial score (nSPS) is 10.3. The zero-order valence-electron chi connectivity index (χ0n) is 11.7. The van der Waals surface area contributed by atoms with Crippen LogP contribution in [0.1, 0.15) is 58.5 Å². The molecule has 0 aromatic heterocycles. The monoisotopic (exact) mass is 264 g/mol. The third-order valence-electron chi connectivity index (χ3n) is 3.04. The standard InChI is InChI=1S/C15H20O4/c1-4-6-7-11-10(3)8-9-12(13(11)14(16)17)15(18)19-5-2/h8-9H,4-7H2,1-3H3,(H,16,17). The largest absolute Gasteiger partial charge is 0.478 e. The highest BCUT2D eigenvalue weighted by atomic mass is 16.5. The van der Waals surface area contributed by atoms with Crippen molar-refractivity contribution in [1.29, 1.82) is 0 Å². The summed E-state index contributed by atoms with van der Waals surface area (Å²) in [6.45, 7) is 5.85. The molecule has 4 heteroatoms. The summed E-state index contributed by atoms with van der Waals surface area (Å²) in [6.07, 6.45) is 2.53. The topological polar surface area (TPSA) is 63.6 Å². The van der Waals surface area contributed by atoms with E-state index >= 15 is 0 Å². The van der Waals surface area contributed by atoms with Crippen LogP contribution in [0.5, 0.6) is 0 Å². The first-order valence-electron chi connectivity index (χ1n) is 6.55. The van der Waals surface area contributed by atoms with Crippen molar-refractivity contribution in [3.63, 3.8) is 0 Å². The lowest BCUT2D eigenvalue weighted by Gasteiger charge is -2.13. The second kappa shape index (κ2) is 6.92. The maximum absolute atomic E-state index is 11.8. The highest BCUT2D eigenvalue weighted by Gasteiger charge is 2.22. The number of hydrogen-bond acceptors (Lipinski definition) is 3. The van der Waals surface area contributed by atoms with Gasteiger partial charge in [0.1, 0.15) is 0 Å². The number of aryl methyl sites for hydroxylation is 1. The van der Waals surface area contributed by atoms with Crippen molar-refractivity contribution in [2.24, 2.45) is 0 Å². The van der Waals surface area contributed by atoms with E-state index in [4.69, 9.17) is 4.74 Å². The summed E-state index contributed by atoms with van der Waals surface area (Å²) in [5.74, 6) is -1.64. The number of carboxylic acids is 1. The number of benzene rings is 1. The van der Waals surface area contributed by atoms with Crippen LogP contribution in [0.3, 0.4) is 0 Å². The summed E-state index contributed by atoms with van der Waals surface area (Å²) in [5, 5.41) is 9.38. The Balaban J connectivity index is 3.32. The molecule has 0 saturated carbocycles. The zero-order valence-corrected chi connectivity index (χ0v) is 11.7. The summed E-state index contributed by atoms with van der Waals surface area (Å²) < 4.78 is 4.92. The molecule has 0 amide bonds. The van der Waals surface area contributed by atoms with Gasteiger partial charge in [-0.3, -0.25) is 0 Å². The fraction of sp³-hybridized carbons (Fsp3) is 0.467. The molecule has 1 aromatic rings. The Morgan fingerprint density at radius 2 is 1.95 bits per heavy atom. The minimum atomic E-state index is -1.07. The molecule has 0 spiro atoms. The molecule has 0 aliphatic carbocycles. The van der Waals surface area contributed by atoms with Gasteiger partial charge in [-0.05, 0) is 43.9 Å². The Bertz CT molecular complexity index is 477. The van der Waals surface area contributed by atoms with Gasteiger partial charge < -0.3 is 9.84 Å². The molecule has 0 saturated heterocycles. The number of carbonyl (C=O) groups excluding carboxylic acids is 1. The molecule has 1 rings (SSSR count). The minimum absolute atomic E-state index is 0.0897. The van der Waals surface area contributed by atoms with Crippen molar-refractivity contribution in [2.45, 2.75) is 40.0 Å². The van der Waals surface area contributed by atoms with E-state index in [1.807, 2.05) is 13.8 Å². The second-order valence-electron chi connectivity index (χ2n) is 4.41. The van der Waals surface area contributed by atoms with Gasteiger partial charge in [-0.2, -0.15) is 0 Å². The van der Waals surface area contributed by atoms with Gasteiger partial charge in [0.25, 0.3) is 0 Å². The van der Waals surface area contributed by atoms with E-state index in [0.29, 0.717) is 6.42 Å². The Hall–Kier alpha value is -1.84. The molecule has 0 aliphatic rings. The number of carbonyl (C=O) groups is 2. The molecular weight excluding hydrogens is 244 g/mol. The van der Waals surface area contributed by atoms with Crippen molar-refractivity contribution in [3.8, 4) is 0 Å². The van der Waals surface area contributed by atoms with E-state index in [1.165, 1.54) is 6.07 Å². The number of unbranched alkanes of at least 4 members (excludes halogenated alkanes) is 1. The quantitative estimate of drug-likeness (QED) is 0.801. The van der Waals surface area contributed by atoms with E-state index in [9.17, 15) is 14.7 Å². The molecular formula is C15H20O4. The molecule has 0 fully saturated rings. The molecule has 4 nitrogen and oxygen atoms in total. The van der Waals surface area contributed by atoms with Crippen LogP contribution in [0.2, 0.25) is 0 Å². The highest BCUT2D eigenvalue weighted by Crippen LogP contribution is 2.22. The molecule has 0 unspecified atom stereocenters. The Morgan fingerprint density at radius 1 is 1.26 bits per heavy atom. The van der Waals surface area contributed by atoms with E-state index < -0.39 is 11.9 Å². The van der Waals surface area contributed by atoms with Gasteiger partial charge in [0.15, 0.2) is 0 Å². The molecule has 1 aromatic carbocycles. The molecule has 0 radical (unpaired) electrons. The number of carboxylic acid groups (broad SMARTS) is 1. The molecule has 0 atom stereocenters. The summed E-state index contributed by atoms with van der Waals surface area (Å²) in [4.78, 5) is 23.3. The Kier molecular flexibility index (Phi) is 5.55. The van der Waals surface area contributed by atoms with Crippen molar-refractivity contribution >= 4 is 11.9 Å². The fourth-order valence-corrected chi connectivity index (χ4v) is 2.05. The van der Waals surface area contributed by atoms with Gasteiger partial charge in [0.2, 0.25) is 0 Å². The van der Waals surface area contributed by atoms with Gasteiger partial charge >= 0.3 is 11.9 Å². The number of ether oxygens (including phenoxy) is 1. The lowest BCUT2D eigenvalue weighted by molar-refractivity contribution is 0.0514. The minimum Gasteiger partial charge on any atom is -0.478 e. The van der Waals surface area contributed by atoms with Crippen LogP contribution in [-0.2, 0) is 11.2 Å². The van der Waals surface area contributed by atoms with Crippen molar-refractivity contribution < 1.29 is 19.4 Å². The first-order chi connectivity index (χ1) is 9.02. The molecule has 104 valence electrons. The van der Waals surface area contributed by atoms with Crippen molar-refractivity contribution in [1.82, 2.24) is 0 Å². The predicted octanol–water partition coefficient (Wildman–Crippen LogP) is 3.21. The lowest BCUT2D eigenvalue weighted by Crippen LogP contribution is -2.15. The number of esters is 1. The van der Waals surface area contributed by atoms with Crippen LogP contribution in [0.15, 0.2) is 12.1 Å². The van der Waals surface area contributed by atoms with Gasteiger partial charge in [0, 0.05) is 0 Å². The van der Waals surface area contributed by atoms with Gasteiger partial charge in [-0.15, -0.1) is 0 Å². The average molecular weight is 264 g/mol. The summed E-state index contributed by atoms with van der Waals surface area (Å²) in [5.41, 5.74) is 1.87. The second-order valence-corrected chi connectivity index (χ2v) is 4.41. The van der Waals surface area contributed by atoms with Gasteiger partial charge in [-0.25, -0.2) is 9.59 Å². The molecule has 0 bridgehead atoms. The molecule has 19 heavy (non-hydrogen) atoms. The van der Waals surface area contributed by atoms with E-state index in [0.717, 1.165) is 24.0 Å². The van der Waals surface area contributed by atoms with Crippen LogP contribution in [0.4, 0.5) is 0 Å². The molecule has 1 N–H and O–H groups in total. The summed E-state index contributed by atoms with van der Waals surface area (Å²) in [7, 11) is 0. The fourth-order valence-electron chi connectivity index (χ4n) is 2.05. The third-order valence-corrected chi connectivity index (χ3v) is 3.04. The SMILES string of the molecule is CCCCc1c(C)ccc(C(=O)OCC)c1C(=O)O. The zero-order chi connectivity index (χ0) is 14.4. The Morgan fingerprint density at radius 3 is 2.47 bits per heavy atom. The summed E-state index contributed by atoms with van der Waals surface area (Å²) in [6, 6.07) is 3.32. The van der Waals surface area contributed by atoms with Crippen LogP contribution in [-0.4, -0.2) is 23.7 Å². The first-order valence-corrected chi connectivity index (χ1v) is 6.55. The van der Waals surface area contributed by atoms with Crippen LogP contribution < -0.4 is 0 Å². The van der Waals surface area contributed by atoms with Crippen LogP contribution in [0, 0.1) is 6.92 Å². The highest BCUT2D eigenvalue weighted by molar-refractivity contribution is 6.03. The number of hydrogen-bond donors (Lipinski definition) is 1. The average Bonchev–Trinajstić information content (AvgIpc) is 2.36. The van der Waals surface area contributed by atoms with E-state index in [2.05, 4.69) is 0 Å². The number of rotatable bonds is 6. The predicted molar refractivity (Wildman–Crippen MR) is 72.7 cm³/mol. The molecule has 0 aliphatic heterocycles. The van der Waals surface area contributed by atoms with Crippen molar-refractivity contribution in [3.05, 3.63) is 34.4 Å². The summed E-state index contributed by atoms with van der Waals surface area (Å²) >= 11 is 0. The van der Waals surface area contributed by atoms with Crippen LogP contribution >= 0.6 is 0 Å². The maximum Gasteiger partial charge on any atom is 0.339 e. The third kappa shape index (κ3) is 3.56. The Labute approximate surface area is 113 Å². The first kappa shape index (κ1) is 15.2. The van der Waals surface area contributed by atoms with E-state index in [-0.39, 0.29) is 17.7 Å². The van der Waals surface area contributed by atoms with Crippen molar-refractivity contribution in [2.75, 3.05) is 6.61 Å². The lowest BCUT2D eigenvalue weighted by atomic mass is 9.93. The maximum atomic E-state index is 11.8. The van der Waals surface area contributed by atoms with E-state index in [1.54, 1.807) is 13.0 Å². The number of aromatic carboxylic acids is 1. The van der Waals surface area contributed by atoms with Gasteiger partial charge in [0.05, 0.1) is 17.7 Å². The van der Waals surface area contributed by atoms with Gasteiger partial charge in [-0.1, -0.05) is 19.4 Å².